The summed E-state index contributed by atoms with van der Waals surface area (Å²) in [6.45, 7) is 8.78. The summed E-state index contributed by atoms with van der Waals surface area (Å²) in [5.41, 5.74) is 4.50. The SMILES string of the molecule is Cc1ccc(N2CCN(C)CC2)c2[nH]c(C(=O)Nc3ccc(N4CCOCC4)cc3)cc(=O)c12. The Labute approximate surface area is 199 Å². The summed E-state index contributed by atoms with van der Waals surface area (Å²) >= 11 is 0. The normalized spacial score (nSPS) is 17.2. The molecule has 0 aliphatic carbocycles. The molecule has 8 nitrogen and oxygen atoms in total. The van der Waals surface area contributed by atoms with E-state index in [1.807, 2.05) is 43.3 Å². The van der Waals surface area contributed by atoms with Crippen molar-refractivity contribution in [2.75, 3.05) is 74.6 Å². The van der Waals surface area contributed by atoms with Crippen LogP contribution in [0.1, 0.15) is 16.1 Å². The molecule has 2 N–H and O–H groups in total. The van der Waals surface area contributed by atoms with Crippen LogP contribution in [0.15, 0.2) is 47.3 Å². The Morgan fingerprint density at radius 2 is 1.65 bits per heavy atom. The number of hydrogen-bond donors (Lipinski definition) is 2. The monoisotopic (exact) mass is 461 g/mol. The average Bonchev–Trinajstić information content (AvgIpc) is 2.85. The number of piperazine rings is 1. The second-order valence-electron chi connectivity index (χ2n) is 9.09. The fourth-order valence-corrected chi connectivity index (χ4v) is 4.72. The van der Waals surface area contributed by atoms with Gasteiger partial charge in [-0.3, -0.25) is 9.59 Å². The number of carbonyl (C=O) groups excluding carboxylic acids is 1. The van der Waals surface area contributed by atoms with Crippen molar-refractivity contribution in [1.29, 1.82) is 0 Å². The molecule has 0 bridgehead atoms. The molecule has 0 saturated carbocycles. The molecule has 0 radical (unpaired) electrons. The van der Waals surface area contributed by atoms with Gasteiger partial charge in [-0.2, -0.15) is 0 Å². The van der Waals surface area contributed by atoms with Crippen LogP contribution in [0.3, 0.4) is 0 Å². The first kappa shape index (κ1) is 22.4. The largest absolute Gasteiger partial charge is 0.378 e. The molecule has 2 aromatic carbocycles. The molecular weight excluding hydrogens is 430 g/mol. The summed E-state index contributed by atoms with van der Waals surface area (Å²) in [6, 6.07) is 13.2. The van der Waals surface area contributed by atoms with Crippen molar-refractivity contribution in [3.63, 3.8) is 0 Å². The molecule has 2 aliphatic heterocycles. The van der Waals surface area contributed by atoms with Gasteiger partial charge in [-0.15, -0.1) is 0 Å². The van der Waals surface area contributed by atoms with Gasteiger partial charge in [0, 0.05) is 56.7 Å². The maximum atomic E-state index is 13.1. The number of nitrogens with one attached hydrogen (secondary N) is 2. The minimum atomic E-state index is -0.330. The number of rotatable bonds is 4. The minimum absolute atomic E-state index is 0.143. The van der Waals surface area contributed by atoms with Gasteiger partial charge in [-0.1, -0.05) is 6.07 Å². The number of pyridine rings is 1. The van der Waals surface area contributed by atoms with Crippen LogP contribution in [0, 0.1) is 6.92 Å². The maximum absolute atomic E-state index is 13.1. The number of aromatic nitrogens is 1. The molecule has 8 heteroatoms. The molecule has 0 unspecified atom stereocenters. The number of ether oxygens (including phenoxy) is 1. The fourth-order valence-electron chi connectivity index (χ4n) is 4.72. The number of nitrogens with zero attached hydrogens (tertiary/aromatic N) is 3. The first-order valence-electron chi connectivity index (χ1n) is 11.8. The van der Waals surface area contributed by atoms with E-state index >= 15 is 0 Å². The van der Waals surface area contributed by atoms with Gasteiger partial charge in [0.1, 0.15) is 5.69 Å². The number of likely N-dealkylation sites (N-methyl/N-ethyl adjacent to an activating group) is 1. The number of fused-ring (bicyclic) bond motifs is 1. The number of carbonyl (C=O) groups is 1. The van der Waals surface area contributed by atoms with Crippen molar-refractivity contribution in [3.8, 4) is 0 Å². The first-order chi connectivity index (χ1) is 16.5. The second kappa shape index (κ2) is 9.48. The van der Waals surface area contributed by atoms with Crippen LogP contribution >= 0.6 is 0 Å². The van der Waals surface area contributed by atoms with Gasteiger partial charge in [0.25, 0.3) is 5.91 Å². The lowest BCUT2D eigenvalue weighted by molar-refractivity contribution is 0.102. The molecule has 1 aromatic heterocycles. The zero-order chi connectivity index (χ0) is 23.7. The number of anilines is 3. The second-order valence-corrected chi connectivity index (χ2v) is 9.09. The highest BCUT2D eigenvalue weighted by Crippen LogP contribution is 2.27. The lowest BCUT2D eigenvalue weighted by atomic mass is 10.1. The third-order valence-electron chi connectivity index (χ3n) is 6.76. The van der Waals surface area contributed by atoms with Gasteiger partial charge in [0.05, 0.1) is 29.8 Å². The zero-order valence-electron chi connectivity index (χ0n) is 19.8. The Morgan fingerprint density at radius 1 is 0.941 bits per heavy atom. The van der Waals surface area contributed by atoms with Crippen LogP contribution in [0.25, 0.3) is 10.9 Å². The van der Waals surface area contributed by atoms with E-state index < -0.39 is 0 Å². The highest BCUT2D eigenvalue weighted by atomic mass is 16.5. The molecule has 34 heavy (non-hydrogen) atoms. The van der Waals surface area contributed by atoms with Crippen molar-refractivity contribution in [2.45, 2.75) is 6.92 Å². The predicted octanol–water partition coefficient (Wildman–Crippen LogP) is 2.68. The van der Waals surface area contributed by atoms with Gasteiger partial charge in [0.15, 0.2) is 5.43 Å². The van der Waals surface area contributed by atoms with Gasteiger partial charge < -0.3 is 29.7 Å². The number of H-pyrrole nitrogens is 1. The highest BCUT2D eigenvalue weighted by Gasteiger charge is 2.20. The Balaban J connectivity index is 1.41. The molecule has 2 saturated heterocycles. The van der Waals surface area contributed by atoms with Crippen LogP contribution in [-0.2, 0) is 4.74 Å². The molecule has 3 aromatic rings. The van der Waals surface area contributed by atoms with E-state index in [9.17, 15) is 9.59 Å². The number of hydrogen-bond acceptors (Lipinski definition) is 6. The van der Waals surface area contributed by atoms with Crippen molar-refractivity contribution < 1.29 is 9.53 Å². The molecular formula is C26H31N5O3. The van der Waals surface area contributed by atoms with Crippen LogP contribution in [0.2, 0.25) is 0 Å². The van der Waals surface area contributed by atoms with Gasteiger partial charge in [-0.05, 0) is 49.9 Å². The van der Waals surface area contributed by atoms with E-state index in [1.165, 1.54) is 6.07 Å². The Kier molecular flexibility index (Phi) is 6.26. The van der Waals surface area contributed by atoms with Crippen LogP contribution in [-0.4, -0.2) is 75.3 Å². The molecule has 5 rings (SSSR count). The number of morpholine rings is 1. The predicted molar refractivity (Wildman–Crippen MR) is 136 cm³/mol. The maximum Gasteiger partial charge on any atom is 0.272 e. The molecule has 2 fully saturated rings. The number of aryl methyl sites for hydroxylation is 1. The minimum Gasteiger partial charge on any atom is -0.378 e. The molecule has 2 aliphatic rings. The molecule has 0 atom stereocenters. The topological polar surface area (TPSA) is 80.9 Å². The Hall–Kier alpha value is -3.36. The summed E-state index contributed by atoms with van der Waals surface area (Å²) in [5, 5.41) is 3.57. The van der Waals surface area contributed by atoms with E-state index in [4.69, 9.17) is 4.74 Å². The van der Waals surface area contributed by atoms with E-state index in [2.05, 4.69) is 32.0 Å². The van der Waals surface area contributed by atoms with E-state index in [1.54, 1.807) is 0 Å². The van der Waals surface area contributed by atoms with Gasteiger partial charge >= 0.3 is 0 Å². The van der Waals surface area contributed by atoms with E-state index in [-0.39, 0.29) is 17.0 Å². The summed E-state index contributed by atoms with van der Waals surface area (Å²) in [6.07, 6.45) is 0. The van der Waals surface area contributed by atoms with Crippen molar-refractivity contribution >= 4 is 33.9 Å². The van der Waals surface area contributed by atoms with Crippen LogP contribution in [0.4, 0.5) is 17.1 Å². The van der Waals surface area contributed by atoms with Crippen molar-refractivity contribution in [3.05, 3.63) is 63.9 Å². The van der Waals surface area contributed by atoms with Crippen LogP contribution in [0.5, 0.6) is 0 Å². The Bertz CT molecular complexity index is 1240. The van der Waals surface area contributed by atoms with E-state index in [0.717, 1.165) is 74.9 Å². The number of aromatic amines is 1. The Morgan fingerprint density at radius 3 is 2.35 bits per heavy atom. The van der Waals surface area contributed by atoms with Crippen molar-refractivity contribution in [1.82, 2.24) is 9.88 Å². The van der Waals surface area contributed by atoms with E-state index in [0.29, 0.717) is 11.1 Å². The first-order valence-corrected chi connectivity index (χ1v) is 11.8. The third kappa shape index (κ3) is 4.51. The van der Waals surface area contributed by atoms with Crippen molar-refractivity contribution in [2.24, 2.45) is 0 Å². The average molecular weight is 462 g/mol. The molecule has 3 heterocycles. The number of benzene rings is 2. The molecule has 0 spiro atoms. The summed E-state index contributed by atoms with van der Waals surface area (Å²) < 4.78 is 5.41. The smallest absolute Gasteiger partial charge is 0.272 e. The standard InChI is InChI=1S/C26H31N5O3/c1-18-3-8-22(31-11-9-29(2)10-12-31)25-24(18)23(32)17-21(28-25)26(33)27-19-4-6-20(7-5-19)30-13-15-34-16-14-30/h3-8,17H,9-16H2,1-2H3,(H,27,33)(H,28,32). The number of amides is 1. The summed E-state index contributed by atoms with van der Waals surface area (Å²) in [7, 11) is 2.11. The molecule has 1 amide bonds. The third-order valence-corrected chi connectivity index (χ3v) is 6.76. The van der Waals surface area contributed by atoms with Gasteiger partial charge in [-0.25, -0.2) is 0 Å². The lowest BCUT2D eigenvalue weighted by Gasteiger charge is -2.34. The fraction of sp³-hybridized carbons (Fsp3) is 0.385. The summed E-state index contributed by atoms with van der Waals surface area (Å²) in [4.78, 5) is 36.2. The lowest BCUT2D eigenvalue weighted by Crippen LogP contribution is -2.44. The van der Waals surface area contributed by atoms with Crippen LogP contribution < -0.4 is 20.5 Å². The quantitative estimate of drug-likeness (QED) is 0.622. The molecule has 178 valence electrons. The highest BCUT2D eigenvalue weighted by molar-refractivity contribution is 6.05. The van der Waals surface area contributed by atoms with Gasteiger partial charge in [0.2, 0.25) is 0 Å². The zero-order valence-corrected chi connectivity index (χ0v) is 19.8. The summed E-state index contributed by atoms with van der Waals surface area (Å²) in [5.74, 6) is -0.330.